The summed E-state index contributed by atoms with van der Waals surface area (Å²) in [7, 11) is 0. The Morgan fingerprint density at radius 3 is 2.69 bits per heavy atom. The highest BCUT2D eigenvalue weighted by Gasteiger charge is 2.15. The molecule has 0 bridgehead atoms. The minimum absolute atomic E-state index is 0.254. The van der Waals surface area contributed by atoms with E-state index in [1.165, 1.54) is 6.92 Å². The molecular formula is C11H12ClNO3. The Morgan fingerprint density at radius 1 is 1.44 bits per heavy atom. The Morgan fingerprint density at radius 2 is 2.12 bits per heavy atom. The molecule has 0 radical (unpaired) electrons. The molecule has 0 atom stereocenters. The normalized spacial score (nSPS) is 9.69. The standard InChI is InChI=1S/C11H12ClNO3/c1-3-16-11(15)8-5-4-6-9(12)10(8)13-7(2)14/h4-6H,3H2,1-2H3,(H,13,14). The SMILES string of the molecule is CCOC(=O)c1cccc(Cl)c1NC(C)=O. The van der Waals surface area contributed by atoms with E-state index in [4.69, 9.17) is 16.3 Å². The molecule has 1 aromatic rings. The van der Waals surface area contributed by atoms with E-state index in [0.29, 0.717) is 5.02 Å². The minimum atomic E-state index is -0.506. The van der Waals surface area contributed by atoms with Crippen LogP contribution < -0.4 is 5.32 Å². The van der Waals surface area contributed by atoms with Crippen molar-refractivity contribution in [2.75, 3.05) is 11.9 Å². The van der Waals surface area contributed by atoms with Gasteiger partial charge < -0.3 is 10.1 Å². The van der Waals surface area contributed by atoms with Crippen LogP contribution in [0.2, 0.25) is 5.02 Å². The fourth-order valence-electron chi connectivity index (χ4n) is 1.21. The number of hydrogen-bond acceptors (Lipinski definition) is 3. The van der Waals surface area contributed by atoms with Crippen LogP contribution in [0.25, 0.3) is 0 Å². The molecule has 0 aliphatic heterocycles. The lowest BCUT2D eigenvalue weighted by Gasteiger charge is -2.10. The summed E-state index contributed by atoms with van der Waals surface area (Å²) in [5.41, 5.74) is 0.541. The van der Waals surface area contributed by atoms with Gasteiger partial charge in [-0.3, -0.25) is 4.79 Å². The van der Waals surface area contributed by atoms with Crippen LogP contribution in [0, 0.1) is 0 Å². The number of esters is 1. The first-order valence-corrected chi connectivity index (χ1v) is 5.17. The van der Waals surface area contributed by atoms with E-state index < -0.39 is 5.97 Å². The summed E-state index contributed by atoms with van der Waals surface area (Å²) < 4.78 is 4.86. The molecule has 4 nitrogen and oxygen atoms in total. The van der Waals surface area contributed by atoms with Gasteiger partial charge in [-0.1, -0.05) is 17.7 Å². The lowest BCUT2D eigenvalue weighted by Crippen LogP contribution is -2.13. The second kappa shape index (κ2) is 5.51. The van der Waals surface area contributed by atoms with E-state index in [-0.39, 0.29) is 23.8 Å². The number of amides is 1. The number of carbonyl (C=O) groups is 2. The van der Waals surface area contributed by atoms with Gasteiger partial charge in [0, 0.05) is 6.92 Å². The molecule has 1 N–H and O–H groups in total. The van der Waals surface area contributed by atoms with Crippen LogP contribution in [0.5, 0.6) is 0 Å². The molecule has 0 aliphatic carbocycles. The van der Waals surface area contributed by atoms with Gasteiger partial charge in [-0.2, -0.15) is 0 Å². The van der Waals surface area contributed by atoms with E-state index in [1.807, 2.05) is 0 Å². The third kappa shape index (κ3) is 2.97. The molecule has 0 unspecified atom stereocenters. The number of rotatable bonds is 3. The Kier molecular flexibility index (Phi) is 4.31. The molecule has 16 heavy (non-hydrogen) atoms. The molecule has 0 fully saturated rings. The number of carbonyl (C=O) groups excluding carboxylic acids is 2. The van der Waals surface area contributed by atoms with E-state index in [9.17, 15) is 9.59 Å². The monoisotopic (exact) mass is 241 g/mol. The molecule has 0 heterocycles. The Labute approximate surface area is 98.5 Å². The van der Waals surface area contributed by atoms with Crippen LogP contribution in [0.1, 0.15) is 24.2 Å². The molecule has 0 aromatic heterocycles. The maximum atomic E-state index is 11.6. The third-order valence-corrected chi connectivity index (χ3v) is 2.12. The predicted molar refractivity (Wildman–Crippen MR) is 61.7 cm³/mol. The zero-order valence-corrected chi connectivity index (χ0v) is 9.80. The highest BCUT2D eigenvalue weighted by atomic mass is 35.5. The molecule has 0 saturated heterocycles. The number of para-hydroxylation sites is 1. The molecule has 0 spiro atoms. The number of ether oxygens (including phenoxy) is 1. The van der Waals surface area contributed by atoms with Gasteiger partial charge in [0.15, 0.2) is 0 Å². The summed E-state index contributed by atoms with van der Waals surface area (Å²) in [6.45, 7) is 3.32. The van der Waals surface area contributed by atoms with Crippen molar-refractivity contribution in [3.63, 3.8) is 0 Å². The second-order valence-electron chi connectivity index (χ2n) is 3.06. The smallest absolute Gasteiger partial charge is 0.340 e. The van der Waals surface area contributed by atoms with Crippen molar-refractivity contribution in [2.24, 2.45) is 0 Å². The van der Waals surface area contributed by atoms with Crippen LogP contribution in [-0.2, 0) is 9.53 Å². The fraction of sp³-hybridized carbons (Fsp3) is 0.273. The summed E-state index contributed by atoms with van der Waals surface area (Å²) >= 11 is 5.90. The highest BCUT2D eigenvalue weighted by molar-refractivity contribution is 6.34. The van der Waals surface area contributed by atoms with E-state index in [1.54, 1.807) is 25.1 Å². The van der Waals surface area contributed by atoms with Crippen molar-refractivity contribution in [1.29, 1.82) is 0 Å². The molecular weight excluding hydrogens is 230 g/mol. The van der Waals surface area contributed by atoms with Crippen molar-refractivity contribution < 1.29 is 14.3 Å². The van der Waals surface area contributed by atoms with Gasteiger partial charge in [-0.05, 0) is 19.1 Å². The number of nitrogens with one attached hydrogen (secondary N) is 1. The first-order chi connectivity index (χ1) is 7.56. The molecule has 5 heteroatoms. The average Bonchev–Trinajstić information content (AvgIpc) is 2.20. The molecule has 86 valence electrons. The Hall–Kier alpha value is -1.55. The first kappa shape index (κ1) is 12.5. The van der Waals surface area contributed by atoms with Crippen LogP contribution in [0.15, 0.2) is 18.2 Å². The van der Waals surface area contributed by atoms with Gasteiger partial charge in [0.1, 0.15) is 0 Å². The van der Waals surface area contributed by atoms with Crippen LogP contribution >= 0.6 is 11.6 Å². The minimum Gasteiger partial charge on any atom is -0.462 e. The van der Waals surface area contributed by atoms with Gasteiger partial charge in [0.2, 0.25) is 5.91 Å². The Balaban J connectivity index is 3.11. The molecule has 0 saturated carbocycles. The van der Waals surface area contributed by atoms with Gasteiger partial charge >= 0.3 is 5.97 Å². The average molecular weight is 242 g/mol. The number of anilines is 1. The predicted octanol–water partition coefficient (Wildman–Crippen LogP) is 2.48. The lowest BCUT2D eigenvalue weighted by molar-refractivity contribution is -0.114. The van der Waals surface area contributed by atoms with E-state index in [2.05, 4.69) is 5.32 Å². The van der Waals surface area contributed by atoms with Crippen molar-refractivity contribution in [3.05, 3.63) is 28.8 Å². The number of hydrogen-bond donors (Lipinski definition) is 1. The van der Waals surface area contributed by atoms with Gasteiger partial charge in [0.05, 0.1) is 22.9 Å². The fourth-order valence-corrected chi connectivity index (χ4v) is 1.43. The first-order valence-electron chi connectivity index (χ1n) is 4.79. The quantitative estimate of drug-likeness (QED) is 0.827. The maximum absolute atomic E-state index is 11.6. The van der Waals surface area contributed by atoms with Crippen LogP contribution in [0.3, 0.4) is 0 Å². The van der Waals surface area contributed by atoms with Gasteiger partial charge in [0.25, 0.3) is 0 Å². The van der Waals surface area contributed by atoms with Crippen molar-refractivity contribution in [3.8, 4) is 0 Å². The third-order valence-electron chi connectivity index (χ3n) is 1.81. The Bertz CT molecular complexity index is 418. The summed E-state index contributed by atoms with van der Waals surface area (Å²) in [6.07, 6.45) is 0. The number of benzene rings is 1. The zero-order valence-electron chi connectivity index (χ0n) is 9.04. The summed E-state index contributed by atoms with van der Waals surface area (Å²) in [6, 6.07) is 4.77. The van der Waals surface area contributed by atoms with E-state index >= 15 is 0 Å². The largest absolute Gasteiger partial charge is 0.462 e. The van der Waals surface area contributed by atoms with Gasteiger partial charge in [-0.25, -0.2) is 4.79 Å². The topological polar surface area (TPSA) is 55.4 Å². The number of halogens is 1. The van der Waals surface area contributed by atoms with Crippen molar-refractivity contribution in [2.45, 2.75) is 13.8 Å². The molecule has 1 amide bonds. The van der Waals surface area contributed by atoms with Crippen LogP contribution in [0.4, 0.5) is 5.69 Å². The van der Waals surface area contributed by atoms with Crippen molar-refractivity contribution >= 4 is 29.2 Å². The van der Waals surface area contributed by atoms with Crippen molar-refractivity contribution in [1.82, 2.24) is 0 Å². The second-order valence-corrected chi connectivity index (χ2v) is 3.47. The summed E-state index contributed by atoms with van der Waals surface area (Å²) in [5, 5.41) is 2.82. The highest BCUT2D eigenvalue weighted by Crippen LogP contribution is 2.26. The summed E-state index contributed by atoms with van der Waals surface area (Å²) in [5.74, 6) is -0.799. The van der Waals surface area contributed by atoms with Crippen LogP contribution in [-0.4, -0.2) is 18.5 Å². The molecule has 1 rings (SSSR count). The molecule has 1 aromatic carbocycles. The zero-order chi connectivity index (χ0) is 12.1. The lowest BCUT2D eigenvalue weighted by atomic mass is 10.2. The van der Waals surface area contributed by atoms with E-state index in [0.717, 1.165) is 0 Å². The van der Waals surface area contributed by atoms with Gasteiger partial charge in [-0.15, -0.1) is 0 Å². The molecule has 0 aliphatic rings. The maximum Gasteiger partial charge on any atom is 0.340 e. The summed E-state index contributed by atoms with van der Waals surface area (Å²) in [4.78, 5) is 22.5.